The van der Waals surface area contributed by atoms with Gasteiger partial charge in [0.15, 0.2) is 5.96 Å². The van der Waals surface area contributed by atoms with Gasteiger partial charge in [-0.25, -0.2) is 4.99 Å². The van der Waals surface area contributed by atoms with Crippen LogP contribution in [-0.4, -0.2) is 54.9 Å². The van der Waals surface area contributed by atoms with Crippen LogP contribution in [0.15, 0.2) is 59.6 Å². The zero-order valence-corrected chi connectivity index (χ0v) is 20.6. The molecule has 31 heavy (non-hydrogen) atoms. The fourth-order valence-electron chi connectivity index (χ4n) is 3.45. The second kappa shape index (κ2) is 14.3. The quantitative estimate of drug-likeness (QED) is 0.198. The van der Waals surface area contributed by atoms with Gasteiger partial charge < -0.3 is 20.5 Å². The minimum absolute atomic E-state index is 0. The van der Waals surface area contributed by atoms with Crippen LogP contribution in [0, 0.1) is 0 Å². The highest BCUT2D eigenvalue weighted by Crippen LogP contribution is 2.14. The van der Waals surface area contributed by atoms with Crippen molar-refractivity contribution in [2.24, 2.45) is 4.99 Å². The maximum absolute atomic E-state index is 9.64. The van der Waals surface area contributed by atoms with Gasteiger partial charge >= 0.3 is 0 Å². The molecule has 3 rings (SSSR count). The number of hydrogen-bond acceptors (Lipinski definition) is 4. The molecule has 2 aromatic rings. The van der Waals surface area contributed by atoms with Crippen molar-refractivity contribution in [3.63, 3.8) is 0 Å². The molecule has 0 radical (unpaired) electrons. The predicted octanol–water partition coefficient (Wildman–Crippen LogP) is 3.40. The zero-order valence-electron chi connectivity index (χ0n) is 18.3. The molecule has 0 atom stereocenters. The number of guanidine groups is 1. The van der Waals surface area contributed by atoms with Crippen LogP contribution in [0.5, 0.6) is 5.75 Å². The summed E-state index contributed by atoms with van der Waals surface area (Å²) in [6, 6.07) is 18.5. The van der Waals surface area contributed by atoms with Gasteiger partial charge in [0.1, 0.15) is 12.4 Å². The standard InChI is InChI=1S/C24H34N4O2.HI/c1-2-25-24(26-14-17-30-23-6-4-3-5-7-23)27-18-20-8-10-21(11-9-20)19-28-15-12-22(29)13-16-28;/h3-11,22,29H,2,12-19H2,1H3,(H2,25,26,27);1H. The van der Waals surface area contributed by atoms with E-state index in [1.807, 2.05) is 30.3 Å². The van der Waals surface area contributed by atoms with Crippen LogP contribution in [0.25, 0.3) is 0 Å². The Morgan fingerprint density at radius 2 is 1.71 bits per heavy atom. The Kier molecular flexibility index (Phi) is 11.7. The maximum atomic E-state index is 9.64. The predicted molar refractivity (Wildman–Crippen MR) is 137 cm³/mol. The van der Waals surface area contributed by atoms with E-state index < -0.39 is 0 Å². The van der Waals surface area contributed by atoms with Crippen molar-refractivity contribution in [1.29, 1.82) is 0 Å². The number of para-hydroxylation sites is 1. The Balaban J connectivity index is 0.00000341. The van der Waals surface area contributed by atoms with E-state index in [1.54, 1.807) is 0 Å². The zero-order chi connectivity index (χ0) is 21.0. The number of hydrogen-bond donors (Lipinski definition) is 3. The average Bonchev–Trinajstić information content (AvgIpc) is 2.78. The molecule has 2 aromatic carbocycles. The number of likely N-dealkylation sites (tertiary alicyclic amines) is 1. The number of aliphatic hydroxyl groups is 1. The van der Waals surface area contributed by atoms with Gasteiger partial charge in [0.25, 0.3) is 0 Å². The molecule has 1 fully saturated rings. The van der Waals surface area contributed by atoms with Crippen LogP contribution in [0.3, 0.4) is 0 Å². The van der Waals surface area contributed by atoms with E-state index in [1.165, 1.54) is 11.1 Å². The largest absolute Gasteiger partial charge is 0.492 e. The number of aliphatic hydroxyl groups excluding tert-OH is 1. The minimum atomic E-state index is -0.120. The van der Waals surface area contributed by atoms with Crippen molar-refractivity contribution in [2.75, 3.05) is 32.8 Å². The highest BCUT2D eigenvalue weighted by molar-refractivity contribution is 14.0. The number of piperidine rings is 1. The van der Waals surface area contributed by atoms with Gasteiger partial charge in [-0.15, -0.1) is 24.0 Å². The van der Waals surface area contributed by atoms with E-state index in [4.69, 9.17) is 4.74 Å². The molecule has 1 aliphatic heterocycles. The lowest BCUT2D eigenvalue weighted by atomic mass is 10.1. The van der Waals surface area contributed by atoms with Crippen molar-refractivity contribution in [1.82, 2.24) is 15.5 Å². The van der Waals surface area contributed by atoms with Crippen LogP contribution < -0.4 is 15.4 Å². The first kappa shape index (κ1) is 25.4. The van der Waals surface area contributed by atoms with E-state index in [-0.39, 0.29) is 30.1 Å². The highest BCUT2D eigenvalue weighted by atomic mass is 127. The summed E-state index contributed by atoms with van der Waals surface area (Å²) in [5.74, 6) is 1.67. The second-order valence-electron chi connectivity index (χ2n) is 7.61. The molecule has 0 saturated carbocycles. The summed E-state index contributed by atoms with van der Waals surface area (Å²) in [5, 5.41) is 16.2. The topological polar surface area (TPSA) is 69.1 Å². The van der Waals surface area contributed by atoms with Crippen LogP contribution in [0.4, 0.5) is 0 Å². The third-order valence-corrected chi connectivity index (χ3v) is 5.16. The molecule has 1 heterocycles. The fraction of sp³-hybridized carbons (Fsp3) is 0.458. The molecule has 0 bridgehead atoms. The van der Waals surface area contributed by atoms with Crippen LogP contribution >= 0.6 is 24.0 Å². The lowest BCUT2D eigenvalue weighted by Crippen LogP contribution is -2.39. The summed E-state index contributed by atoms with van der Waals surface area (Å²) in [5.41, 5.74) is 2.49. The van der Waals surface area contributed by atoms with Gasteiger partial charge in [-0.1, -0.05) is 42.5 Å². The minimum Gasteiger partial charge on any atom is -0.492 e. The number of nitrogens with zero attached hydrogens (tertiary/aromatic N) is 2. The Hall–Kier alpha value is -1.84. The van der Waals surface area contributed by atoms with Crippen molar-refractivity contribution < 1.29 is 9.84 Å². The van der Waals surface area contributed by atoms with Crippen LogP contribution in [0.2, 0.25) is 0 Å². The van der Waals surface area contributed by atoms with E-state index >= 15 is 0 Å². The molecule has 170 valence electrons. The van der Waals surface area contributed by atoms with E-state index in [2.05, 4.69) is 51.7 Å². The fourth-order valence-corrected chi connectivity index (χ4v) is 3.45. The lowest BCUT2D eigenvalue weighted by Gasteiger charge is -2.29. The van der Waals surface area contributed by atoms with Crippen molar-refractivity contribution >= 4 is 29.9 Å². The monoisotopic (exact) mass is 538 g/mol. The Bertz CT molecular complexity index is 763. The van der Waals surface area contributed by atoms with Gasteiger partial charge in [-0.2, -0.15) is 0 Å². The molecule has 7 heteroatoms. The van der Waals surface area contributed by atoms with Gasteiger partial charge in [-0.3, -0.25) is 4.90 Å². The number of rotatable bonds is 9. The van der Waals surface area contributed by atoms with Crippen molar-refractivity contribution in [2.45, 2.75) is 39.0 Å². The Morgan fingerprint density at radius 3 is 2.39 bits per heavy atom. The molecule has 0 aliphatic carbocycles. The molecule has 3 N–H and O–H groups in total. The first-order chi connectivity index (χ1) is 14.7. The summed E-state index contributed by atoms with van der Waals surface area (Å²) in [6.45, 7) is 7.66. The van der Waals surface area contributed by atoms with E-state index in [0.29, 0.717) is 19.7 Å². The van der Waals surface area contributed by atoms with Gasteiger partial charge in [0.05, 0.1) is 19.2 Å². The lowest BCUT2D eigenvalue weighted by molar-refractivity contribution is 0.0792. The van der Waals surface area contributed by atoms with Gasteiger partial charge in [-0.05, 0) is 43.0 Å². The molecule has 0 unspecified atom stereocenters. The smallest absolute Gasteiger partial charge is 0.191 e. The molecule has 1 aliphatic rings. The van der Waals surface area contributed by atoms with Crippen molar-refractivity contribution in [3.05, 3.63) is 65.7 Å². The third kappa shape index (κ3) is 9.45. The first-order valence-corrected chi connectivity index (χ1v) is 10.9. The molecule has 0 amide bonds. The van der Waals surface area contributed by atoms with Crippen LogP contribution in [-0.2, 0) is 13.1 Å². The summed E-state index contributed by atoms with van der Waals surface area (Å²) in [4.78, 5) is 7.09. The number of aliphatic imine (C=N–C) groups is 1. The molecule has 0 aromatic heterocycles. The molecular weight excluding hydrogens is 503 g/mol. The first-order valence-electron chi connectivity index (χ1n) is 10.9. The van der Waals surface area contributed by atoms with Crippen molar-refractivity contribution in [3.8, 4) is 5.75 Å². The summed E-state index contributed by atoms with van der Waals surface area (Å²) < 4.78 is 5.72. The van der Waals surface area contributed by atoms with Gasteiger partial charge in [0.2, 0.25) is 0 Å². The molecule has 0 spiro atoms. The Labute approximate surface area is 203 Å². The summed E-state index contributed by atoms with van der Waals surface area (Å²) in [7, 11) is 0. The highest BCUT2D eigenvalue weighted by Gasteiger charge is 2.16. The van der Waals surface area contributed by atoms with E-state index in [0.717, 1.165) is 50.7 Å². The maximum Gasteiger partial charge on any atom is 0.191 e. The average molecular weight is 538 g/mol. The SMILES string of the molecule is CCNC(=NCc1ccc(CN2CCC(O)CC2)cc1)NCCOc1ccccc1.I. The number of benzene rings is 2. The Morgan fingerprint density at radius 1 is 1.03 bits per heavy atom. The summed E-state index contributed by atoms with van der Waals surface area (Å²) in [6.07, 6.45) is 1.64. The van der Waals surface area contributed by atoms with Crippen LogP contribution in [0.1, 0.15) is 30.9 Å². The van der Waals surface area contributed by atoms with Gasteiger partial charge in [0, 0.05) is 26.2 Å². The second-order valence-corrected chi connectivity index (χ2v) is 7.61. The number of ether oxygens (including phenoxy) is 1. The summed E-state index contributed by atoms with van der Waals surface area (Å²) >= 11 is 0. The number of nitrogens with one attached hydrogen (secondary N) is 2. The molecule has 6 nitrogen and oxygen atoms in total. The third-order valence-electron chi connectivity index (χ3n) is 5.16. The van der Waals surface area contributed by atoms with E-state index in [9.17, 15) is 5.11 Å². The number of halogens is 1. The molecular formula is C24H35IN4O2. The normalized spacial score (nSPS) is 15.2. The molecule has 1 saturated heterocycles.